The zero-order chi connectivity index (χ0) is 16.2. The molecule has 0 amide bonds. The molecular formula is C13H23N3O4S. The minimum Gasteiger partial charge on any atom is -0.495 e. The maximum absolute atomic E-state index is 12.4. The highest BCUT2D eigenvalue weighted by Crippen LogP contribution is 2.33. The summed E-state index contributed by atoms with van der Waals surface area (Å²) in [5, 5.41) is 0. The molecule has 1 rings (SSSR count). The molecule has 0 fully saturated rings. The van der Waals surface area contributed by atoms with Crippen molar-refractivity contribution in [2.24, 2.45) is 0 Å². The van der Waals surface area contributed by atoms with Crippen molar-refractivity contribution in [1.82, 2.24) is 9.62 Å². The van der Waals surface area contributed by atoms with Crippen molar-refractivity contribution in [3.8, 4) is 11.5 Å². The van der Waals surface area contributed by atoms with Gasteiger partial charge in [0.15, 0.2) is 0 Å². The van der Waals surface area contributed by atoms with Crippen LogP contribution >= 0.6 is 0 Å². The summed E-state index contributed by atoms with van der Waals surface area (Å²) < 4.78 is 37.7. The summed E-state index contributed by atoms with van der Waals surface area (Å²) in [5.74, 6) is 0.553. The number of rotatable bonds is 7. The summed E-state index contributed by atoms with van der Waals surface area (Å²) in [6, 6.07) is 2.54. The number of likely N-dealkylation sites (N-methyl/N-ethyl adjacent to an activating group) is 1. The second kappa shape index (κ2) is 6.97. The molecule has 7 nitrogen and oxygen atoms in total. The second-order valence-corrected chi connectivity index (χ2v) is 6.71. The quantitative estimate of drug-likeness (QED) is 0.712. The number of nitrogens with zero attached hydrogens (tertiary/aromatic N) is 1. The standard InChI is InChI=1S/C13H23N3O4S/c1-9(8-16(2)3)15-21(17,18)13-6-10(14)11(19-4)7-12(13)20-5/h6-7,9,15H,8,14H2,1-5H3. The second-order valence-electron chi connectivity index (χ2n) is 5.03. The lowest BCUT2D eigenvalue weighted by molar-refractivity contribution is 0.368. The summed E-state index contributed by atoms with van der Waals surface area (Å²) in [4.78, 5) is 1.89. The van der Waals surface area contributed by atoms with Crippen LogP contribution in [0.4, 0.5) is 5.69 Å². The van der Waals surface area contributed by atoms with E-state index in [1.54, 1.807) is 6.92 Å². The molecule has 0 bridgehead atoms. The Hall–Kier alpha value is -1.51. The Morgan fingerprint density at radius 2 is 1.81 bits per heavy atom. The van der Waals surface area contributed by atoms with Crippen LogP contribution in [0.25, 0.3) is 0 Å². The van der Waals surface area contributed by atoms with Crippen molar-refractivity contribution in [1.29, 1.82) is 0 Å². The van der Waals surface area contributed by atoms with Crippen LogP contribution in [0.2, 0.25) is 0 Å². The highest BCUT2D eigenvalue weighted by molar-refractivity contribution is 7.89. The van der Waals surface area contributed by atoms with Gasteiger partial charge in [-0.05, 0) is 27.1 Å². The number of nitrogens with two attached hydrogens (primary N) is 1. The molecule has 0 radical (unpaired) electrons. The van der Waals surface area contributed by atoms with E-state index in [2.05, 4.69) is 4.72 Å². The molecule has 0 spiro atoms. The van der Waals surface area contributed by atoms with Crippen molar-refractivity contribution in [2.75, 3.05) is 40.6 Å². The maximum atomic E-state index is 12.4. The van der Waals surface area contributed by atoms with Crippen LogP contribution in [-0.2, 0) is 10.0 Å². The minimum atomic E-state index is -3.73. The average molecular weight is 317 g/mol. The van der Waals surface area contributed by atoms with Gasteiger partial charge in [-0.2, -0.15) is 0 Å². The lowest BCUT2D eigenvalue weighted by Crippen LogP contribution is -2.39. The molecule has 1 unspecified atom stereocenters. The van der Waals surface area contributed by atoms with Crippen LogP contribution in [0.5, 0.6) is 11.5 Å². The number of methoxy groups -OCH3 is 2. The fourth-order valence-corrected chi connectivity index (χ4v) is 3.44. The number of hydrogen-bond donors (Lipinski definition) is 2. The van der Waals surface area contributed by atoms with Crippen LogP contribution in [0.1, 0.15) is 6.92 Å². The van der Waals surface area contributed by atoms with Crippen LogP contribution in [0.3, 0.4) is 0 Å². The highest BCUT2D eigenvalue weighted by Gasteiger charge is 2.24. The van der Waals surface area contributed by atoms with E-state index in [0.717, 1.165) is 0 Å². The molecule has 0 aromatic heterocycles. The van der Waals surface area contributed by atoms with Gasteiger partial charge in [0.2, 0.25) is 10.0 Å². The molecule has 0 heterocycles. The van der Waals surface area contributed by atoms with E-state index in [1.165, 1.54) is 26.4 Å². The number of benzene rings is 1. The van der Waals surface area contributed by atoms with E-state index in [1.807, 2.05) is 19.0 Å². The lowest BCUT2D eigenvalue weighted by Gasteiger charge is -2.19. The van der Waals surface area contributed by atoms with E-state index < -0.39 is 10.0 Å². The molecule has 1 atom stereocenters. The van der Waals surface area contributed by atoms with Gasteiger partial charge >= 0.3 is 0 Å². The maximum Gasteiger partial charge on any atom is 0.244 e. The normalized spacial score (nSPS) is 13.2. The Labute approximate surface area is 126 Å². The van der Waals surface area contributed by atoms with Crippen LogP contribution in [-0.4, -0.2) is 54.2 Å². The third-order valence-electron chi connectivity index (χ3n) is 2.80. The van der Waals surface area contributed by atoms with Crippen molar-refractivity contribution < 1.29 is 17.9 Å². The molecule has 8 heteroatoms. The fourth-order valence-electron chi connectivity index (χ4n) is 2.02. The molecule has 0 aliphatic heterocycles. The summed E-state index contributed by atoms with van der Waals surface area (Å²) in [7, 11) is 2.86. The van der Waals surface area contributed by atoms with Crippen LogP contribution < -0.4 is 19.9 Å². The van der Waals surface area contributed by atoms with Gasteiger partial charge in [0, 0.05) is 18.7 Å². The summed E-state index contributed by atoms with van der Waals surface area (Å²) >= 11 is 0. The fraction of sp³-hybridized carbons (Fsp3) is 0.538. The largest absolute Gasteiger partial charge is 0.495 e. The predicted octanol–water partition coefficient (Wildman–Crippen LogP) is 0.514. The first-order valence-corrected chi connectivity index (χ1v) is 7.88. The van der Waals surface area contributed by atoms with E-state index >= 15 is 0 Å². The molecule has 1 aromatic carbocycles. The summed E-state index contributed by atoms with van der Waals surface area (Å²) in [6.45, 7) is 2.37. The van der Waals surface area contributed by atoms with Gasteiger partial charge in [-0.1, -0.05) is 0 Å². The third kappa shape index (κ3) is 4.48. The zero-order valence-electron chi connectivity index (χ0n) is 13.0. The Balaban J connectivity index is 3.16. The van der Waals surface area contributed by atoms with Crippen LogP contribution in [0.15, 0.2) is 17.0 Å². The van der Waals surface area contributed by atoms with Gasteiger partial charge in [0.25, 0.3) is 0 Å². The monoisotopic (exact) mass is 317 g/mol. The van der Waals surface area contributed by atoms with E-state index in [-0.39, 0.29) is 22.4 Å². The Kier molecular flexibility index (Phi) is 5.82. The van der Waals surface area contributed by atoms with Gasteiger partial charge in [-0.15, -0.1) is 0 Å². The first-order valence-electron chi connectivity index (χ1n) is 6.39. The van der Waals surface area contributed by atoms with Crippen molar-refractivity contribution in [2.45, 2.75) is 17.9 Å². The number of hydrogen-bond acceptors (Lipinski definition) is 6. The first kappa shape index (κ1) is 17.5. The molecular weight excluding hydrogens is 294 g/mol. The first-order chi connectivity index (χ1) is 9.71. The van der Waals surface area contributed by atoms with E-state index in [0.29, 0.717) is 12.3 Å². The topological polar surface area (TPSA) is 93.9 Å². The molecule has 3 N–H and O–H groups in total. The third-order valence-corrected chi connectivity index (χ3v) is 4.41. The van der Waals surface area contributed by atoms with E-state index in [4.69, 9.17) is 15.2 Å². The Bertz CT molecular complexity index is 587. The molecule has 0 saturated heterocycles. The van der Waals surface area contributed by atoms with Crippen LogP contribution in [0, 0.1) is 0 Å². The lowest BCUT2D eigenvalue weighted by atomic mass is 10.3. The number of sulfonamides is 1. The highest BCUT2D eigenvalue weighted by atomic mass is 32.2. The smallest absolute Gasteiger partial charge is 0.244 e. The number of nitrogen functional groups attached to an aromatic ring is 1. The number of nitrogens with one attached hydrogen (secondary N) is 1. The molecule has 0 aliphatic rings. The molecule has 120 valence electrons. The van der Waals surface area contributed by atoms with Gasteiger partial charge in [0.05, 0.1) is 19.9 Å². The van der Waals surface area contributed by atoms with Gasteiger partial charge in [-0.25, -0.2) is 13.1 Å². The SMILES string of the molecule is COc1cc(OC)c(S(=O)(=O)NC(C)CN(C)C)cc1N. The summed E-state index contributed by atoms with van der Waals surface area (Å²) in [6.07, 6.45) is 0. The van der Waals surface area contributed by atoms with Gasteiger partial charge in [0.1, 0.15) is 16.4 Å². The Morgan fingerprint density at radius 3 is 2.29 bits per heavy atom. The zero-order valence-corrected chi connectivity index (χ0v) is 13.8. The summed E-state index contributed by atoms with van der Waals surface area (Å²) in [5.41, 5.74) is 6.02. The average Bonchev–Trinajstić information content (AvgIpc) is 2.36. The molecule has 0 aliphatic carbocycles. The van der Waals surface area contributed by atoms with E-state index in [9.17, 15) is 8.42 Å². The Morgan fingerprint density at radius 1 is 1.24 bits per heavy atom. The molecule has 1 aromatic rings. The molecule has 21 heavy (non-hydrogen) atoms. The number of ether oxygens (including phenoxy) is 2. The van der Waals surface area contributed by atoms with Crippen molar-refractivity contribution >= 4 is 15.7 Å². The molecule has 0 saturated carbocycles. The minimum absolute atomic E-state index is 0.00564. The number of anilines is 1. The van der Waals surface area contributed by atoms with Crippen molar-refractivity contribution in [3.05, 3.63) is 12.1 Å². The van der Waals surface area contributed by atoms with Gasteiger partial charge < -0.3 is 20.1 Å². The van der Waals surface area contributed by atoms with Crippen molar-refractivity contribution in [3.63, 3.8) is 0 Å². The van der Waals surface area contributed by atoms with Gasteiger partial charge in [-0.3, -0.25) is 0 Å². The predicted molar refractivity (Wildman–Crippen MR) is 82.3 cm³/mol.